The van der Waals surface area contributed by atoms with Gasteiger partial charge in [0, 0.05) is 12.5 Å². The Balaban J connectivity index is 2.32. The van der Waals surface area contributed by atoms with Crippen LogP contribution in [-0.4, -0.2) is 43.7 Å². The number of hydrogen-bond donors (Lipinski definition) is 2. The van der Waals surface area contributed by atoms with E-state index < -0.39 is 0 Å². The Morgan fingerprint density at radius 3 is 2.38 bits per heavy atom. The van der Waals surface area contributed by atoms with Gasteiger partial charge in [-0.05, 0) is 33.0 Å². The van der Waals surface area contributed by atoms with Crippen LogP contribution in [0.15, 0.2) is 0 Å². The number of hydrogen-bond acceptors (Lipinski definition) is 3. The van der Waals surface area contributed by atoms with Gasteiger partial charge in [-0.3, -0.25) is 15.0 Å². The molecular formula is C12H25N3O. The normalized spacial score (nSPS) is 19.8. The van der Waals surface area contributed by atoms with Gasteiger partial charge >= 0.3 is 0 Å². The molecule has 1 saturated heterocycles. The Morgan fingerprint density at radius 1 is 1.25 bits per heavy atom. The van der Waals surface area contributed by atoms with Crippen molar-refractivity contribution in [1.82, 2.24) is 15.5 Å². The van der Waals surface area contributed by atoms with Crippen LogP contribution >= 0.6 is 0 Å². The van der Waals surface area contributed by atoms with Crippen LogP contribution < -0.4 is 10.6 Å². The zero-order valence-corrected chi connectivity index (χ0v) is 10.8. The quantitative estimate of drug-likeness (QED) is 0.683. The number of nitrogens with zero attached hydrogens (tertiary/aromatic N) is 1. The SMILES string of the molecule is CN[C@@H](CN1CCCCC1)NC(=O)C(C)C. The van der Waals surface area contributed by atoms with E-state index in [1.807, 2.05) is 20.9 Å². The second-order valence-corrected chi connectivity index (χ2v) is 4.87. The topological polar surface area (TPSA) is 44.4 Å². The lowest BCUT2D eigenvalue weighted by Gasteiger charge is -2.30. The summed E-state index contributed by atoms with van der Waals surface area (Å²) >= 11 is 0. The second-order valence-electron chi connectivity index (χ2n) is 4.87. The van der Waals surface area contributed by atoms with Crippen molar-refractivity contribution in [3.05, 3.63) is 0 Å². The first-order valence-corrected chi connectivity index (χ1v) is 6.33. The number of amides is 1. The van der Waals surface area contributed by atoms with Gasteiger partial charge in [0.1, 0.15) is 0 Å². The fourth-order valence-electron chi connectivity index (χ4n) is 1.95. The van der Waals surface area contributed by atoms with Gasteiger partial charge in [0.25, 0.3) is 0 Å². The van der Waals surface area contributed by atoms with Gasteiger partial charge in [0.2, 0.25) is 5.91 Å². The average molecular weight is 227 g/mol. The maximum Gasteiger partial charge on any atom is 0.223 e. The molecule has 0 aromatic heterocycles. The van der Waals surface area contributed by atoms with Crippen LogP contribution in [0.5, 0.6) is 0 Å². The lowest BCUT2D eigenvalue weighted by atomic mass is 10.1. The summed E-state index contributed by atoms with van der Waals surface area (Å²) < 4.78 is 0. The summed E-state index contributed by atoms with van der Waals surface area (Å²) in [6.07, 6.45) is 4.00. The van der Waals surface area contributed by atoms with E-state index in [2.05, 4.69) is 15.5 Å². The van der Waals surface area contributed by atoms with E-state index in [1.54, 1.807) is 0 Å². The molecular weight excluding hydrogens is 202 g/mol. The first-order valence-electron chi connectivity index (χ1n) is 6.33. The molecule has 16 heavy (non-hydrogen) atoms. The predicted molar refractivity (Wildman–Crippen MR) is 66.1 cm³/mol. The van der Waals surface area contributed by atoms with Crippen LogP contribution in [0, 0.1) is 5.92 Å². The zero-order chi connectivity index (χ0) is 12.0. The second kappa shape index (κ2) is 6.86. The molecule has 1 atom stereocenters. The van der Waals surface area contributed by atoms with Crippen LogP contribution in [-0.2, 0) is 4.79 Å². The molecule has 0 saturated carbocycles. The Morgan fingerprint density at radius 2 is 1.88 bits per heavy atom. The standard InChI is InChI=1S/C12H25N3O/c1-10(2)12(16)14-11(13-3)9-15-7-5-4-6-8-15/h10-11,13H,4-9H2,1-3H3,(H,14,16)/t11-/m1/s1. The lowest BCUT2D eigenvalue weighted by Crippen LogP contribution is -2.52. The molecule has 1 heterocycles. The summed E-state index contributed by atoms with van der Waals surface area (Å²) in [6.45, 7) is 7.08. The summed E-state index contributed by atoms with van der Waals surface area (Å²) in [4.78, 5) is 14.0. The highest BCUT2D eigenvalue weighted by Crippen LogP contribution is 2.08. The highest BCUT2D eigenvalue weighted by molar-refractivity contribution is 5.78. The summed E-state index contributed by atoms with van der Waals surface area (Å²) in [5.74, 6) is 0.175. The number of likely N-dealkylation sites (N-methyl/N-ethyl adjacent to an activating group) is 1. The minimum atomic E-state index is 0.0530. The first kappa shape index (κ1) is 13.5. The molecule has 1 aliphatic heterocycles. The first-order chi connectivity index (χ1) is 7.63. The largest absolute Gasteiger partial charge is 0.339 e. The van der Waals surface area contributed by atoms with Crippen LogP contribution in [0.25, 0.3) is 0 Å². The highest BCUT2D eigenvalue weighted by Gasteiger charge is 2.17. The number of nitrogens with one attached hydrogen (secondary N) is 2. The number of likely N-dealkylation sites (tertiary alicyclic amines) is 1. The van der Waals surface area contributed by atoms with E-state index >= 15 is 0 Å². The van der Waals surface area contributed by atoms with Crippen molar-refractivity contribution in [3.63, 3.8) is 0 Å². The Labute approximate surface area is 98.8 Å². The molecule has 0 aliphatic carbocycles. The molecule has 4 nitrogen and oxygen atoms in total. The van der Waals surface area contributed by atoms with Crippen molar-refractivity contribution >= 4 is 5.91 Å². The van der Waals surface area contributed by atoms with Gasteiger partial charge in [0.15, 0.2) is 0 Å². The summed E-state index contributed by atoms with van der Waals surface area (Å²) in [7, 11) is 1.90. The Hall–Kier alpha value is -0.610. The highest BCUT2D eigenvalue weighted by atomic mass is 16.2. The van der Waals surface area contributed by atoms with Crippen LogP contribution in [0.4, 0.5) is 0 Å². The van der Waals surface area contributed by atoms with Crippen LogP contribution in [0.2, 0.25) is 0 Å². The molecule has 2 N–H and O–H groups in total. The minimum absolute atomic E-state index is 0.0530. The third-order valence-corrected chi connectivity index (χ3v) is 3.08. The van der Waals surface area contributed by atoms with E-state index in [4.69, 9.17) is 0 Å². The van der Waals surface area contributed by atoms with Crippen LogP contribution in [0.3, 0.4) is 0 Å². The molecule has 0 aromatic rings. The van der Waals surface area contributed by atoms with Gasteiger partial charge in [-0.2, -0.15) is 0 Å². The monoisotopic (exact) mass is 227 g/mol. The third-order valence-electron chi connectivity index (χ3n) is 3.08. The van der Waals surface area contributed by atoms with Crippen molar-refractivity contribution in [3.8, 4) is 0 Å². The van der Waals surface area contributed by atoms with Gasteiger partial charge < -0.3 is 5.32 Å². The van der Waals surface area contributed by atoms with Crippen molar-refractivity contribution in [1.29, 1.82) is 0 Å². The molecule has 0 bridgehead atoms. The fraction of sp³-hybridized carbons (Fsp3) is 0.917. The maximum absolute atomic E-state index is 11.6. The smallest absolute Gasteiger partial charge is 0.223 e. The summed E-state index contributed by atoms with van der Waals surface area (Å²) in [5, 5.41) is 6.18. The number of carbonyl (C=O) groups is 1. The van der Waals surface area contributed by atoms with E-state index in [0.717, 1.165) is 19.6 Å². The number of rotatable bonds is 5. The van der Waals surface area contributed by atoms with E-state index in [1.165, 1.54) is 19.3 Å². The van der Waals surface area contributed by atoms with Crippen molar-refractivity contribution < 1.29 is 4.79 Å². The predicted octanol–water partition coefficient (Wildman–Crippen LogP) is 0.790. The van der Waals surface area contributed by atoms with Crippen molar-refractivity contribution in [2.75, 3.05) is 26.7 Å². The Kier molecular flexibility index (Phi) is 5.77. The minimum Gasteiger partial charge on any atom is -0.339 e. The van der Waals surface area contributed by atoms with Crippen molar-refractivity contribution in [2.24, 2.45) is 5.92 Å². The molecule has 1 aliphatic rings. The maximum atomic E-state index is 11.6. The zero-order valence-electron chi connectivity index (χ0n) is 10.8. The number of carbonyl (C=O) groups excluding carboxylic acids is 1. The molecule has 0 radical (unpaired) electrons. The molecule has 1 amide bonds. The molecule has 1 fully saturated rings. The van der Waals surface area contributed by atoms with Crippen molar-refractivity contribution in [2.45, 2.75) is 39.3 Å². The fourth-order valence-corrected chi connectivity index (χ4v) is 1.95. The molecule has 1 rings (SSSR count). The Bertz CT molecular complexity index is 212. The van der Waals surface area contributed by atoms with E-state index in [9.17, 15) is 4.79 Å². The summed E-state index contributed by atoms with van der Waals surface area (Å²) in [6, 6.07) is 0. The van der Waals surface area contributed by atoms with Crippen LogP contribution in [0.1, 0.15) is 33.1 Å². The molecule has 0 spiro atoms. The molecule has 4 heteroatoms. The van der Waals surface area contributed by atoms with E-state index in [-0.39, 0.29) is 18.0 Å². The molecule has 0 aromatic carbocycles. The molecule has 0 unspecified atom stereocenters. The summed E-state index contributed by atoms with van der Waals surface area (Å²) in [5.41, 5.74) is 0. The number of piperidine rings is 1. The lowest BCUT2D eigenvalue weighted by molar-refractivity contribution is -0.125. The van der Waals surface area contributed by atoms with Gasteiger partial charge in [-0.15, -0.1) is 0 Å². The van der Waals surface area contributed by atoms with E-state index in [0.29, 0.717) is 0 Å². The molecule has 94 valence electrons. The third kappa shape index (κ3) is 4.49. The van der Waals surface area contributed by atoms with Gasteiger partial charge in [0.05, 0.1) is 6.17 Å². The van der Waals surface area contributed by atoms with Gasteiger partial charge in [-0.25, -0.2) is 0 Å². The van der Waals surface area contributed by atoms with Gasteiger partial charge in [-0.1, -0.05) is 20.3 Å². The average Bonchev–Trinajstić information content (AvgIpc) is 2.29.